The van der Waals surface area contributed by atoms with E-state index in [1.54, 1.807) is 26.0 Å². The van der Waals surface area contributed by atoms with Crippen molar-refractivity contribution in [3.8, 4) is 11.5 Å². The zero-order chi connectivity index (χ0) is 15.6. The van der Waals surface area contributed by atoms with E-state index in [2.05, 4.69) is 15.5 Å². The number of aromatic amines is 1. The van der Waals surface area contributed by atoms with Crippen molar-refractivity contribution >= 4 is 11.9 Å². The van der Waals surface area contributed by atoms with E-state index in [9.17, 15) is 9.59 Å². The summed E-state index contributed by atoms with van der Waals surface area (Å²) in [4.78, 5) is 23.1. The van der Waals surface area contributed by atoms with Gasteiger partial charge in [-0.05, 0) is 25.0 Å². The summed E-state index contributed by atoms with van der Waals surface area (Å²) in [6, 6.07) is 4.13. The van der Waals surface area contributed by atoms with Gasteiger partial charge in [-0.2, -0.15) is 5.10 Å². The highest BCUT2D eigenvalue weighted by Gasteiger charge is 2.25. The lowest BCUT2D eigenvalue weighted by atomic mass is 10.0. The van der Waals surface area contributed by atoms with E-state index < -0.39 is 17.9 Å². The first-order valence-electron chi connectivity index (χ1n) is 6.54. The van der Waals surface area contributed by atoms with E-state index in [1.807, 2.05) is 6.92 Å². The average molecular weight is 291 g/mol. The Bertz CT molecular complexity index is 657. The lowest BCUT2D eigenvalue weighted by Gasteiger charge is -2.16. The topological polar surface area (TPSA) is 108 Å². The van der Waals surface area contributed by atoms with Crippen LogP contribution in [0.25, 0.3) is 11.5 Å². The van der Waals surface area contributed by atoms with Gasteiger partial charge in [0.15, 0.2) is 11.5 Å². The molecule has 0 fully saturated rings. The van der Waals surface area contributed by atoms with Crippen molar-refractivity contribution in [2.45, 2.75) is 26.8 Å². The Morgan fingerprint density at radius 1 is 1.38 bits per heavy atom. The summed E-state index contributed by atoms with van der Waals surface area (Å²) in [6.07, 6.45) is 0. The molecule has 7 nitrogen and oxygen atoms in total. The van der Waals surface area contributed by atoms with Gasteiger partial charge in [-0.1, -0.05) is 13.8 Å². The standard InChI is InChI=1S/C14H17N3O4/c1-7(2)12(14(19)20)15-13(18)10-6-9(16-17-10)11-5-4-8(3)21-11/h4-7,12H,1-3H3,(H,15,18)(H,16,17)(H,19,20)/t12-/m1/s1. The Morgan fingerprint density at radius 2 is 2.10 bits per heavy atom. The van der Waals surface area contributed by atoms with Gasteiger partial charge < -0.3 is 14.8 Å². The molecule has 0 aliphatic rings. The highest BCUT2D eigenvalue weighted by Crippen LogP contribution is 2.20. The number of aliphatic carboxylic acids is 1. The minimum absolute atomic E-state index is 0.117. The second-order valence-corrected chi connectivity index (χ2v) is 5.11. The molecule has 112 valence electrons. The van der Waals surface area contributed by atoms with E-state index in [4.69, 9.17) is 9.52 Å². The molecule has 0 bridgehead atoms. The predicted molar refractivity (Wildman–Crippen MR) is 74.8 cm³/mol. The van der Waals surface area contributed by atoms with E-state index in [0.29, 0.717) is 11.5 Å². The molecule has 2 rings (SSSR count). The maximum atomic E-state index is 12.0. The van der Waals surface area contributed by atoms with Crippen LogP contribution < -0.4 is 5.32 Å². The first-order valence-corrected chi connectivity index (χ1v) is 6.54. The number of aromatic nitrogens is 2. The number of carboxylic acid groups (broad SMARTS) is 1. The molecule has 2 heterocycles. The molecule has 0 radical (unpaired) electrons. The number of nitrogens with zero attached hydrogens (tertiary/aromatic N) is 1. The van der Waals surface area contributed by atoms with E-state index in [-0.39, 0.29) is 11.6 Å². The molecule has 2 aromatic rings. The predicted octanol–water partition coefficient (Wildman–Crippen LogP) is 1.82. The number of carbonyl (C=O) groups is 2. The molecule has 7 heteroatoms. The van der Waals surface area contributed by atoms with Crippen LogP contribution in [0.3, 0.4) is 0 Å². The minimum atomic E-state index is -1.07. The largest absolute Gasteiger partial charge is 0.480 e. The summed E-state index contributed by atoms with van der Waals surface area (Å²) in [5.74, 6) is -0.524. The van der Waals surface area contributed by atoms with E-state index >= 15 is 0 Å². The summed E-state index contributed by atoms with van der Waals surface area (Å²) in [7, 11) is 0. The second kappa shape index (κ2) is 5.82. The molecule has 0 saturated carbocycles. The van der Waals surface area contributed by atoms with Crippen LogP contribution in [0, 0.1) is 12.8 Å². The van der Waals surface area contributed by atoms with Crippen molar-refractivity contribution < 1.29 is 19.1 Å². The van der Waals surface area contributed by atoms with Crippen LogP contribution in [0.15, 0.2) is 22.6 Å². The SMILES string of the molecule is Cc1ccc(-c2cc(C(=O)N[C@@H](C(=O)O)C(C)C)n[nH]2)o1. The fourth-order valence-electron chi connectivity index (χ4n) is 1.87. The van der Waals surface area contributed by atoms with E-state index in [0.717, 1.165) is 5.76 Å². The summed E-state index contributed by atoms with van der Waals surface area (Å²) in [5, 5.41) is 18.1. The summed E-state index contributed by atoms with van der Waals surface area (Å²) < 4.78 is 5.42. The Kier molecular flexibility index (Phi) is 4.11. The highest BCUT2D eigenvalue weighted by molar-refractivity contribution is 5.95. The fraction of sp³-hybridized carbons (Fsp3) is 0.357. The van der Waals surface area contributed by atoms with Crippen LogP contribution in [0.4, 0.5) is 0 Å². The zero-order valence-electron chi connectivity index (χ0n) is 12.0. The number of hydrogen-bond donors (Lipinski definition) is 3. The summed E-state index contributed by atoms with van der Waals surface area (Å²) in [5.41, 5.74) is 0.677. The van der Waals surface area contributed by atoms with Crippen LogP contribution in [-0.2, 0) is 4.79 Å². The second-order valence-electron chi connectivity index (χ2n) is 5.11. The molecule has 1 amide bonds. The van der Waals surface area contributed by atoms with Gasteiger partial charge in [0, 0.05) is 6.07 Å². The molecule has 21 heavy (non-hydrogen) atoms. The third-order valence-corrected chi connectivity index (χ3v) is 3.04. The maximum Gasteiger partial charge on any atom is 0.326 e. The van der Waals surface area contributed by atoms with Crippen molar-refractivity contribution in [2.75, 3.05) is 0 Å². The van der Waals surface area contributed by atoms with Crippen LogP contribution in [-0.4, -0.2) is 33.2 Å². The molecule has 0 aliphatic carbocycles. The Balaban J connectivity index is 2.14. The van der Waals surface area contributed by atoms with Crippen LogP contribution in [0.5, 0.6) is 0 Å². The lowest BCUT2D eigenvalue weighted by Crippen LogP contribution is -2.44. The number of furan rings is 1. The monoisotopic (exact) mass is 291 g/mol. The van der Waals surface area contributed by atoms with Gasteiger partial charge in [-0.3, -0.25) is 9.89 Å². The van der Waals surface area contributed by atoms with Gasteiger partial charge in [0.25, 0.3) is 5.91 Å². The van der Waals surface area contributed by atoms with Crippen LogP contribution in [0.2, 0.25) is 0 Å². The minimum Gasteiger partial charge on any atom is -0.480 e. The summed E-state index contributed by atoms with van der Waals surface area (Å²) in [6.45, 7) is 5.26. The zero-order valence-corrected chi connectivity index (χ0v) is 12.0. The van der Waals surface area contributed by atoms with Gasteiger partial charge in [-0.25, -0.2) is 4.79 Å². The fourth-order valence-corrected chi connectivity index (χ4v) is 1.87. The summed E-state index contributed by atoms with van der Waals surface area (Å²) >= 11 is 0. The van der Waals surface area contributed by atoms with Gasteiger partial charge in [-0.15, -0.1) is 0 Å². The number of nitrogens with one attached hydrogen (secondary N) is 2. The van der Waals surface area contributed by atoms with Crippen molar-refractivity contribution in [1.82, 2.24) is 15.5 Å². The lowest BCUT2D eigenvalue weighted by molar-refractivity contribution is -0.140. The van der Waals surface area contributed by atoms with Crippen LogP contribution in [0.1, 0.15) is 30.1 Å². The third kappa shape index (κ3) is 3.31. The van der Waals surface area contributed by atoms with Gasteiger partial charge in [0.1, 0.15) is 17.5 Å². The normalized spacial score (nSPS) is 12.4. The van der Waals surface area contributed by atoms with Crippen molar-refractivity contribution in [1.29, 1.82) is 0 Å². The first-order chi connectivity index (χ1) is 9.88. The Hall–Kier alpha value is -2.57. The molecule has 2 aromatic heterocycles. The number of aryl methyl sites for hydroxylation is 1. The highest BCUT2D eigenvalue weighted by atomic mass is 16.4. The van der Waals surface area contributed by atoms with Crippen molar-refractivity contribution in [3.05, 3.63) is 29.7 Å². The molecule has 0 unspecified atom stereocenters. The quantitative estimate of drug-likeness (QED) is 0.778. The van der Waals surface area contributed by atoms with Crippen LogP contribution >= 0.6 is 0 Å². The molecule has 0 aliphatic heterocycles. The molecule has 0 spiro atoms. The van der Waals surface area contributed by atoms with E-state index in [1.165, 1.54) is 6.07 Å². The number of rotatable bonds is 5. The number of carboxylic acids is 1. The first kappa shape index (κ1) is 14.8. The molecule has 1 atom stereocenters. The smallest absolute Gasteiger partial charge is 0.326 e. The van der Waals surface area contributed by atoms with Gasteiger partial charge in [0.2, 0.25) is 0 Å². The molecular weight excluding hydrogens is 274 g/mol. The maximum absolute atomic E-state index is 12.0. The van der Waals surface area contributed by atoms with Gasteiger partial charge in [0.05, 0.1) is 0 Å². The number of carbonyl (C=O) groups excluding carboxylic acids is 1. The molecule has 0 saturated heterocycles. The molecule has 3 N–H and O–H groups in total. The Labute approximate surface area is 121 Å². The Morgan fingerprint density at radius 3 is 2.62 bits per heavy atom. The number of hydrogen-bond acceptors (Lipinski definition) is 4. The number of amides is 1. The third-order valence-electron chi connectivity index (χ3n) is 3.04. The van der Waals surface area contributed by atoms with Crippen molar-refractivity contribution in [2.24, 2.45) is 5.92 Å². The molecule has 0 aromatic carbocycles. The average Bonchev–Trinajstić information content (AvgIpc) is 3.03. The van der Waals surface area contributed by atoms with Gasteiger partial charge >= 0.3 is 5.97 Å². The molecular formula is C14H17N3O4. The van der Waals surface area contributed by atoms with Crippen molar-refractivity contribution in [3.63, 3.8) is 0 Å². The number of H-pyrrole nitrogens is 1.